The molecule has 2 rings (SSSR count). The number of ether oxygens (including phenoxy) is 1. The molecule has 0 amide bonds. The Labute approximate surface area is 161 Å². The van der Waals surface area contributed by atoms with Crippen LogP contribution in [0, 0.1) is 10.1 Å². The Morgan fingerprint density at radius 1 is 1.22 bits per heavy atom. The van der Waals surface area contributed by atoms with Gasteiger partial charge in [0.1, 0.15) is 5.69 Å². The van der Waals surface area contributed by atoms with E-state index in [2.05, 4.69) is 5.32 Å². The van der Waals surface area contributed by atoms with E-state index < -0.39 is 17.0 Å². The Bertz CT molecular complexity index is 840. The first-order chi connectivity index (χ1) is 12.9. The molecule has 1 atom stereocenters. The molecule has 0 saturated carbocycles. The van der Waals surface area contributed by atoms with Crippen LogP contribution in [0.4, 0.5) is 11.4 Å². The number of nitro groups is 1. The number of rotatable bonds is 9. The summed E-state index contributed by atoms with van der Waals surface area (Å²) in [6.07, 6.45) is -0.428. The molecule has 27 heavy (non-hydrogen) atoms. The SMILES string of the molecule is CC(OC(=O)CCCNc1ccccc1[N+](=O)[O-])C(=O)c1cccc(Cl)c1. The second-order valence-corrected chi connectivity index (χ2v) is 6.25. The minimum absolute atomic E-state index is 0.0270. The first-order valence-electron chi connectivity index (χ1n) is 8.35. The van der Waals surface area contributed by atoms with Gasteiger partial charge in [-0.2, -0.15) is 0 Å². The summed E-state index contributed by atoms with van der Waals surface area (Å²) in [5.41, 5.74) is 0.738. The highest BCUT2D eigenvalue weighted by atomic mass is 35.5. The largest absolute Gasteiger partial charge is 0.454 e. The third kappa shape index (κ3) is 6.07. The molecule has 0 aliphatic heterocycles. The molecule has 2 aromatic rings. The minimum atomic E-state index is -0.917. The molecular weight excluding hydrogens is 372 g/mol. The maximum absolute atomic E-state index is 12.2. The third-order valence-electron chi connectivity index (χ3n) is 3.76. The summed E-state index contributed by atoms with van der Waals surface area (Å²) in [7, 11) is 0. The molecule has 0 heterocycles. The van der Waals surface area contributed by atoms with Crippen LogP contribution in [0.25, 0.3) is 0 Å². The number of anilines is 1. The van der Waals surface area contributed by atoms with Crippen molar-refractivity contribution in [2.24, 2.45) is 0 Å². The van der Waals surface area contributed by atoms with Crippen LogP contribution in [-0.2, 0) is 9.53 Å². The molecule has 0 radical (unpaired) electrons. The van der Waals surface area contributed by atoms with E-state index in [9.17, 15) is 19.7 Å². The number of nitrogens with zero attached hydrogens (tertiary/aromatic N) is 1. The number of halogens is 1. The lowest BCUT2D eigenvalue weighted by atomic mass is 10.1. The lowest BCUT2D eigenvalue weighted by Gasteiger charge is -2.13. The van der Waals surface area contributed by atoms with Gasteiger partial charge in [0, 0.05) is 29.6 Å². The Hall–Kier alpha value is -2.93. The van der Waals surface area contributed by atoms with E-state index >= 15 is 0 Å². The van der Waals surface area contributed by atoms with Crippen LogP contribution in [0.1, 0.15) is 30.1 Å². The highest BCUT2D eigenvalue weighted by Gasteiger charge is 2.19. The maximum atomic E-state index is 12.2. The fourth-order valence-electron chi connectivity index (χ4n) is 2.42. The van der Waals surface area contributed by atoms with E-state index in [1.54, 1.807) is 36.4 Å². The number of Topliss-reactive ketones (excluding diaryl/α,β-unsaturated/α-hetero) is 1. The van der Waals surface area contributed by atoms with Crippen molar-refractivity contribution in [3.8, 4) is 0 Å². The van der Waals surface area contributed by atoms with Crippen LogP contribution in [0.3, 0.4) is 0 Å². The third-order valence-corrected chi connectivity index (χ3v) is 4.00. The van der Waals surface area contributed by atoms with Crippen LogP contribution in [0.15, 0.2) is 48.5 Å². The molecule has 0 fully saturated rings. The van der Waals surface area contributed by atoms with E-state index in [0.717, 1.165) is 0 Å². The predicted octanol–water partition coefficient (Wildman–Crippen LogP) is 4.25. The maximum Gasteiger partial charge on any atom is 0.306 e. The number of hydrogen-bond donors (Lipinski definition) is 1. The summed E-state index contributed by atoms with van der Waals surface area (Å²) in [6.45, 7) is 1.86. The summed E-state index contributed by atoms with van der Waals surface area (Å²) in [5.74, 6) is -0.842. The van der Waals surface area contributed by atoms with Crippen molar-refractivity contribution in [1.82, 2.24) is 0 Å². The number of nitrogens with one attached hydrogen (secondary N) is 1. The van der Waals surface area contributed by atoms with E-state index in [1.165, 1.54) is 19.1 Å². The van der Waals surface area contributed by atoms with Crippen LogP contribution in [-0.4, -0.2) is 29.3 Å². The second-order valence-electron chi connectivity index (χ2n) is 5.81. The zero-order valence-corrected chi connectivity index (χ0v) is 15.4. The van der Waals surface area contributed by atoms with E-state index in [-0.39, 0.29) is 17.9 Å². The van der Waals surface area contributed by atoms with Crippen molar-refractivity contribution < 1.29 is 19.2 Å². The summed E-state index contributed by atoms with van der Waals surface area (Å²) >= 11 is 5.86. The van der Waals surface area contributed by atoms with Gasteiger partial charge in [0.25, 0.3) is 5.69 Å². The fraction of sp³-hybridized carbons (Fsp3) is 0.263. The zero-order valence-electron chi connectivity index (χ0n) is 14.7. The van der Waals surface area contributed by atoms with Crippen LogP contribution >= 0.6 is 11.6 Å². The first-order valence-corrected chi connectivity index (χ1v) is 8.73. The van der Waals surface area contributed by atoms with Gasteiger partial charge in [-0.25, -0.2) is 0 Å². The van der Waals surface area contributed by atoms with Crippen molar-refractivity contribution in [3.63, 3.8) is 0 Å². The van der Waals surface area contributed by atoms with Gasteiger partial charge >= 0.3 is 5.97 Å². The number of benzene rings is 2. The lowest BCUT2D eigenvalue weighted by Crippen LogP contribution is -2.24. The smallest absolute Gasteiger partial charge is 0.306 e. The molecule has 0 bridgehead atoms. The molecular formula is C19H19ClN2O5. The number of carbonyl (C=O) groups excluding carboxylic acids is 2. The minimum Gasteiger partial charge on any atom is -0.454 e. The summed E-state index contributed by atoms with van der Waals surface area (Å²) in [6, 6.07) is 12.7. The molecule has 1 unspecified atom stereocenters. The molecule has 0 aliphatic carbocycles. The Balaban J connectivity index is 1.78. The van der Waals surface area contributed by atoms with Crippen molar-refractivity contribution in [1.29, 1.82) is 0 Å². The summed E-state index contributed by atoms with van der Waals surface area (Å²) in [4.78, 5) is 34.6. The van der Waals surface area contributed by atoms with Gasteiger partial charge in [-0.3, -0.25) is 19.7 Å². The van der Waals surface area contributed by atoms with Gasteiger partial charge in [-0.05, 0) is 31.5 Å². The van der Waals surface area contributed by atoms with Crippen molar-refractivity contribution in [2.75, 3.05) is 11.9 Å². The van der Waals surface area contributed by atoms with Crippen LogP contribution in [0.5, 0.6) is 0 Å². The van der Waals surface area contributed by atoms with Crippen molar-refractivity contribution >= 4 is 34.7 Å². The average Bonchev–Trinajstić information content (AvgIpc) is 2.64. The Morgan fingerprint density at radius 2 is 1.96 bits per heavy atom. The Kier molecular flexibility index (Phi) is 7.31. The number of hydrogen-bond acceptors (Lipinski definition) is 6. The number of ketones is 1. The standard InChI is InChI=1S/C19H19ClN2O5/c1-13(19(24)14-6-4-7-15(20)12-14)27-18(23)10-5-11-21-16-8-2-3-9-17(16)22(25)26/h2-4,6-9,12-13,21H,5,10-11H2,1H3. The predicted molar refractivity (Wildman–Crippen MR) is 102 cm³/mol. The van der Waals surface area contributed by atoms with Gasteiger partial charge in [-0.15, -0.1) is 0 Å². The molecule has 0 saturated heterocycles. The van der Waals surface area contributed by atoms with Crippen molar-refractivity contribution in [2.45, 2.75) is 25.9 Å². The monoisotopic (exact) mass is 390 g/mol. The van der Waals surface area contributed by atoms with E-state index in [1.807, 2.05) is 0 Å². The summed E-state index contributed by atoms with van der Waals surface area (Å²) in [5, 5.41) is 14.3. The molecule has 0 aliphatic rings. The molecule has 7 nitrogen and oxygen atoms in total. The topological polar surface area (TPSA) is 98.5 Å². The highest BCUT2D eigenvalue weighted by Crippen LogP contribution is 2.23. The fourth-order valence-corrected chi connectivity index (χ4v) is 2.61. The molecule has 1 N–H and O–H groups in total. The zero-order chi connectivity index (χ0) is 19.8. The average molecular weight is 391 g/mol. The molecule has 0 spiro atoms. The molecule has 2 aromatic carbocycles. The number of carbonyl (C=O) groups is 2. The summed E-state index contributed by atoms with van der Waals surface area (Å²) < 4.78 is 5.15. The van der Waals surface area contributed by atoms with E-state index in [4.69, 9.17) is 16.3 Å². The van der Waals surface area contributed by atoms with Gasteiger partial charge in [0.05, 0.1) is 4.92 Å². The molecule has 0 aromatic heterocycles. The number of esters is 1. The second kappa shape index (κ2) is 9.68. The van der Waals surface area contributed by atoms with Gasteiger partial charge in [0.15, 0.2) is 6.10 Å². The van der Waals surface area contributed by atoms with Crippen LogP contribution < -0.4 is 5.32 Å². The van der Waals surface area contributed by atoms with Gasteiger partial charge < -0.3 is 10.1 Å². The molecule has 8 heteroatoms. The van der Waals surface area contributed by atoms with Gasteiger partial charge in [0.2, 0.25) is 5.78 Å². The molecule has 142 valence electrons. The lowest BCUT2D eigenvalue weighted by molar-refractivity contribution is -0.384. The van der Waals surface area contributed by atoms with E-state index in [0.29, 0.717) is 29.2 Å². The van der Waals surface area contributed by atoms with Crippen molar-refractivity contribution in [3.05, 3.63) is 69.2 Å². The van der Waals surface area contributed by atoms with Crippen LogP contribution in [0.2, 0.25) is 5.02 Å². The number of nitro benzene ring substituents is 1. The number of para-hydroxylation sites is 2. The highest BCUT2D eigenvalue weighted by molar-refractivity contribution is 6.31. The Morgan fingerprint density at radius 3 is 2.67 bits per heavy atom. The van der Waals surface area contributed by atoms with Gasteiger partial charge in [-0.1, -0.05) is 35.9 Å². The quantitative estimate of drug-likeness (QED) is 0.226. The first kappa shape index (κ1) is 20.4. The normalized spacial score (nSPS) is 11.5.